The van der Waals surface area contributed by atoms with Crippen LogP contribution in [0.3, 0.4) is 0 Å². The van der Waals surface area contributed by atoms with Gasteiger partial charge in [-0.05, 0) is 25.0 Å². The second-order valence-electron chi connectivity index (χ2n) is 3.46. The van der Waals surface area contributed by atoms with E-state index in [1.165, 1.54) is 6.07 Å². The summed E-state index contributed by atoms with van der Waals surface area (Å²) in [7, 11) is 0. The van der Waals surface area contributed by atoms with Gasteiger partial charge in [-0.2, -0.15) is 13.2 Å². The highest BCUT2D eigenvalue weighted by Gasteiger charge is 2.32. The molecule has 1 N–H and O–H groups in total. The van der Waals surface area contributed by atoms with E-state index in [-0.39, 0.29) is 6.04 Å². The van der Waals surface area contributed by atoms with Crippen LogP contribution in [-0.4, -0.2) is 16.2 Å². The van der Waals surface area contributed by atoms with E-state index in [0.717, 1.165) is 18.9 Å². The molecule has 6 heteroatoms. The first-order valence-corrected chi connectivity index (χ1v) is 5.14. The van der Waals surface area contributed by atoms with Crippen molar-refractivity contribution < 1.29 is 13.2 Å². The lowest BCUT2D eigenvalue weighted by molar-refractivity contribution is -0.141. The van der Waals surface area contributed by atoms with Crippen LogP contribution in [0.5, 0.6) is 0 Å². The Morgan fingerprint density at radius 1 is 1.19 bits per heavy atom. The van der Waals surface area contributed by atoms with Crippen LogP contribution in [0, 0.1) is 0 Å². The quantitative estimate of drug-likeness (QED) is 0.868. The Kier molecular flexibility index (Phi) is 4.09. The zero-order chi connectivity index (χ0) is 12.2. The number of nitrogens with zero attached hydrogens (tertiary/aromatic N) is 2. The predicted molar refractivity (Wildman–Crippen MR) is 55.0 cm³/mol. The average Bonchev–Trinajstić information content (AvgIpc) is 2.25. The predicted octanol–water partition coefficient (Wildman–Crippen LogP) is 3.10. The van der Waals surface area contributed by atoms with Gasteiger partial charge in [-0.1, -0.05) is 13.8 Å². The molecule has 0 radical (unpaired) electrons. The SMILES string of the molecule is CCC(CC)Nc1ccc(C(F)(F)F)nn1. The van der Waals surface area contributed by atoms with Crippen LogP contribution in [0.4, 0.5) is 19.0 Å². The first kappa shape index (κ1) is 12.7. The fourth-order valence-electron chi connectivity index (χ4n) is 1.26. The Morgan fingerprint density at radius 2 is 1.81 bits per heavy atom. The third-order valence-corrected chi connectivity index (χ3v) is 2.29. The average molecular weight is 233 g/mol. The number of alkyl halides is 3. The number of aromatic nitrogens is 2. The van der Waals surface area contributed by atoms with Crippen molar-refractivity contribution >= 4 is 5.82 Å². The molecular weight excluding hydrogens is 219 g/mol. The highest BCUT2D eigenvalue weighted by atomic mass is 19.4. The van der Waals surface area contributed by atoms with Gasteiger partial charge in [0.25, 0.3) is 0 Å². The molecule has 0 bridgehead atoms. The number of hydrogen-bond acceptors (Lipinski definition) is 3. The summed E-state index contributed by atoms with van der Waals surface area (Å²) in [5.74, 6) is 0.377. The van der Waals surface area contributed by atoms with Crippen molar-refractivity contribution in [1.29, 1.82) is 0 Å². The minimum atomic E-state index is -4.43. The molecule has 1 aromatic rings. The summed E-state index contributed by atoms with van der Waals surface area (Å²) in [6.07, 6.45) is -2.65. The zero-order valence-electron chi connectivity index (χ0n) is 9.17. The molecule has 0 spiro atoms. The maximum absolute atomic E-state index is 12.2. The molecule has 0 fully saturated rings. The molecule has 3 nitrogen and oxygen atoms in total. The second kappa shape index (κ2) is 5.14. The molecule has 90 valence electrons. The number of halogens is 3. The van der Waals surface area contributed by atoms with Gasteiger partial charge < -0.3 is 5.32 Å². The molecule has 0 atom stereocenters. The summed E-state index contributed by atoms with van der Waals surface area (Å²) in [6, 6.07) is 2.44. The summed E-state index contributed by atoms with van der Waals surface area (Å²) in [5.41, 5.74) is -0.970. The van der Waals surface area contributed by atoms with E-state index in [1.807, 2.05) is 13.8 Å². The summed E-state index contributed by atoms with van der Waals surface area (Å²) < 4.78 is 36.6. The molecule has 0 saturated heterocycles. The largest absolute Gasteiger partial charge is 0.435 e. The molecule has 16 heavy (non-hydrogen) atoms. The zero-order valence-corrected chi connectivity index (χ0v) is 9.17. The summed E-state index contributed by atoms with van der Waals surface area (Å²) >= 11 is 0. The third-order valence-electron chi connectivity index (χ3n) is 2.29. The van der Waals surface area contributed by atoms with Crippen LogP contribution >= 0.6 is 0 Å². The Labute approximate surface area is 92.1 Å². The van der Waals surface area contributed by atoms with E-state index in [9.17, 15) is 13.2 Å². The maximum atomic E-state index is 12.2. The van der Waals surface area contributed by atoms with Crippen LogP contribution in [0.15, 0.2) is 12.1 Å². The highest BCUT2D eigenvalue weighted by molar-refractivity contribution is 5.34. The van der Waals surface area contributed by atoms with E-state index in [1.54, 1.807) is 0 Å². The van der Waals surface area contributed by atoms with Gasteiger partial charge in [0.15, 0.2) is 5.69 Å². The molecule has 1 rings (SSSR count). The Morgan fingerprint density at radius 3 is 2.19 bits per heavy atom. The number of nitrogens with one attached hydrogen (secondary N) is 1. The van der Waals surface area contributed by atoms with Crippen LogP contribution < -0.4 is 5.32 Å². The fourth-order valence-corrected chi connectivity index (χ4v) is 1.26. The lowest BCUT2D eigenvalue weighted by Gasteiger charge is -2.15. The molecule has 0 aliphatic heterocycles. The standard InChI is InChI=1S/C10H14F3N3/c1-3-7(4-2)14-9-6-5-8(15-16-9)10(11,12)13/h5-7H,3-4H2,1-2H3,(H,14,16). The smallest absolute Gasteiger partial charge is 0.366 e. The van der Waals surface area contributed by atoms with Crippen molar-refractivity contribution in [3.05, 3.63) is 17.8 Å². The first-order chi connectivity index (χ1) is 7.47. The number of anilines is 1. The van der Waals surface area contributed by atoms with Crippen LogP contribution in [-0.2, 0) is 6.18 Å². The van der Waals surface area contributed by atoms with Gasteiger partial charge in [-0.3, -0.25) is 0 Å². The molecule has 0 unspecified atom stereocenters. The molecule has 1 heterocycles. The van der Waals surface area contributed by atoms with E-state index < -0.39 is 11.9 Å². The maximum Gasteiger partial charge on any atom is 0.435 e. The fraction of sp³-hybridized carbons (Fsp3) is 0.600. The van der Waals surface area contributed by atoms with Gasteiger partial charge in [-0.25, -0.2) is 0 Å². The molecule has 0 aromatic carbocycles. The van der Waals surface area contributed by atoms with Gasteiger partial charge in [0.1, 0.15) is 5.82 Å². The van der Waals surface area contributed by atoms with E-state index in [0.29, 0.717) is 5.82 Å². The van der Waals surface area contributed by atoms with Crippen LogP contribution in [0.25, 0.3) is 0 Å². The summed E-state index contributed by atoms with van der Waals surface area (Å²) in [6.45, 7) is 4.00. The molecular formula is C10H14F3N3. The van der Waals surface area contributed by atoms with Gasteiger partial charge in [0.05, 0.1) is 0 Å². The van der Waals surface area contributed by atoms with Crippen molar-refractivity contribution in [2.24, 2.45) is 0 Å². The molecule has 0 aliphatic carbocycles. The Bertz CT molecular complexity index is 317. The summed E-state index contributed by atoms with van der Waals surface area (Å²) in [5, 5.41) is 9.65. The third kappa shape index (κ3) is 3.36. The topological polar surface area (TPSA) is 37.8 Å². The second-order valence-corrected chi connectivity index (χ2v) is 3.46. The lowest BCUT2D eigenvalue weighted by atomic mass is 10.2. The van der Waals surface area contributed by atoms with Crippen molar-refractivity contribution in [2.45, 2.75) is 38.9 Å². The van der Waals surface area contributed by atoms with Gasteiger partial charge in [-0.15, -0.1) is 10.2 Å². The van der Waals surface area contributed by atoms with Gasteiger partial charge in [0.2, 0.25) is 0 Å². The molecule has 0 aliphatic rings. The van der Waals surface area contributed by atoms with Crippen molar-refractivity contribution in [1.82, 2.24) is 10.2 Å². The number of rotatable bonds is 4. The molecule has 0 amide bonds. The minimum Gasteiger partial charge on any atom is -0.366 e. The van der Waals surface area contributed by atoms with Gasteiger partial charge in [0, 0.05) is 6.04 Å². The Hall–Kier alpha value is -1.33. The molecule has 0 saturated carbocycles. The van der Waals surface area contributed by atoms with E-state index in [2.05, 4.69) is 15.5 Å². The molecule has 1 aromatic heterocycles. The minimum absolute atomic E-state index is 0.214. The monoisotopic (exact) mass is 233 g/mol. The van der Waals surface area contributed by atoms with E-state index >= 15 is 0 Å². The van der Waals surface area contributed by atoms with Crippen LogP contribution in [0.2, 0.25) is 0 Å². The first-order valence-electron chi connectivity index (χ1n) is 5.14. The van der Waals surface area contributed by atoms with Crippen LogP contribution in [0.1, 0.15) is 32.4 Å². The Balaban J connectivity index is 2.72. The van der Waals surface area contributed by atoms with Gasteiger partial charge >= 0.3 is 6.18 Å². The van der Waals surface area contributed by atoms with E-state index in [4.69, 9.17) is 0 Å². The normalized spacial score (nSPS) is 11.9. The summed E-state index contributed by atoms with van der Waals surface area (Å²) in [4.78, 5) is 0. The van der Waals surface area contributed by atoms with Crippen molar-refractivity contribution in [2.75, 3.05) is 5.32 Å². The highest BCUT2D eigenvalue weighted by Crippen LogP contribution is 2.27. The van der Waals surface area contributed by atoms with Crippen molar-refractivity contribution in [3.8, 4) is 0 Å². The number of hydrogen-bond donors (Lipinski definition) is 1. The van der Waals surface area contributed by atoms with Crippen molar-refractivity contribution in [3.63, 3.8) is 0 Å². The lowest BCUT2D eigenvalue weighted by Crippen LogP contribution is -2.19.